The first-order valence-corrected chi connectivity index (χ1v) is 16.5. The molecular weight excluding hydrogens is 653 g/mol. The molecule has 17 heteroatoms. The van der Waals surface area contributed by atoms with Gasteiger partial charge in [0.05, 0.1) is 16.1 Å². The van der Waals surface area contributed by atoms with E-state index < -0.39 is 20.6 Å². The number of halogens is 3. The summed E-state index contributed by atoms with van der Waals surface area (Å²) < 4.78 is 30.1. The van der Waals surface area contributed by atoms with E-state index in [9.17, 15) is 18.5 Å². The minimum Gasteiger partial charge on any atom is -0.365 e. The van der Waals surface area contributed by atoms with Crippen molar-refractivity contribution in [2.75, 3.05) is 23.7 Å². The van der Waals surface area contributed by atoms with Crippen LogP contribution in [0.3, 0.4) is 0 Å². The number of benzene rings is 1. The molecule has 3 heterocycles. The molecule has 1 saturated heterocycles. The molecule has 0 radical (unpaired) electrons. The van der Waals surface area contributed by atoms with Crippen LogP contribution >= 0.6 is 36.4 Å². The van der Waals surface area contributed by atoms with E-state index in [2.05, 4.69) is 15.2 Å². The number of nitrogens with one attached hydrogen (secondary N) is 2. The Labute approximate surface area is 273 Å². The number of hydrogen-bond donors (Lipinski definition) is 3. The molecule has 2 aromatic heterocycles. The SMILES string of the molecule is Cl.Cl.NC1CCC(Nc2nc(NC3CCN(S(=O)(=O)c4ccc(Cl)c([N+](=O)[O-])c4)CC3)c3ncn(C4CCCC4)c3n2)CC1. The molecule has 0 spiro atoms. The van der Waals surface area contributed by atoms with Crippen molar-refractivity contribution in [2.24, 2.45) is 5.73 Å². The second kappa shape index (κ2) is 14.3. The molecule has 13 nitrogen and oxygen atoms in total. The molecule has 2 aliphatic carbocycles. The number of piperidine rings is 1. The minimum absolute atomic E-state index is 0. The van der Waals surface area contributed by atoms with E-state index in [0.29, 0.717) is 36.2 Å². The number of nitrogens with zero attached hydrogens (tertiary/aromatic N) is 6. The number of nitrogens with two attached hydrogens (primary N) is 1. The Morgan fingerprint density at radius 1 is 0.955 bits per heavy atom. The van der Waals surface area contributed by atoms with Crippen LogP contribution in [-0.4, -0.2) is 68.4 Å². The van der Waals surface area contributed by atoms with Crippen molar-refractivity contribution in [1.82, 2.24) is 23.8 Å². The summed E-state index contributed by atoms with van der Waals surface area (Å²) in [4.78, 5) is 24.9. The van der Waals surface area contributed by atoms with Gasteiger partial charge in [-0.05, 0) is 63.5 Å². The lowest BCUT2D eigenvalue weighted by Crippen LogP contribution is -2.42. The van der Waals surface area contributed by atoms with Crippen molar-refractivity contribution in [2.45, 2.75) is 93.3 Å². The van der Waals surface area contributed by atoms with Gasteiger partial charge in [0, 0.05) is 43.3 Å². The van der Waals surface area contributed by atoms with Crippen molar-refractivity contribution in [3.63, 3.8) is 0 Å². The zero-order valence-corrected chi connectivity index (χ0v) is 27.3. The zero-order valence-electron chi connectivity index (χ0n) is 24.1. The average molecular weight is 691 g/mol. The predicted octanol–water partition coefficient (Wildman–Crippen LogP) is 5.29. The molecule has 3 aliphatic rings. The topological polar surface area (TPSA) is 174 Å². The molecule has 0 atom stereocenters. The van der Waals surface area contributed by atoms with Crippen LogP contribution < -0.4 is 16.4 Å². The molecule has 0 unspecified atom stereocenters. The van der Waals surface area contributed by atoms with Crippen LogP contribution in [0.1, 0.15) is 70.3 Å². The Morgan fingerprint density at radius 3 is 2.27 bits per heavy atom. The number of aromatic nitrogens is 4. The predicted molar refractivity (Wildman–Crippen MR) is 175 cm³/mol. The Kier molecular flexibility index (Phi) is 11.2. The number of rotatable bonds is 8. The summed E-state index contributed by atoms with van der Waals surface area (Å²) in [7, 11) is -3.92. The normalized spacial score (nSPS) is 21.9. The van der Waals surface area contributed by atoms with Crippen molar-refractivity contribution < 1.29 is 13.3 Å². The number of nitro benzene ring substituents is 1. The van der Waals surface area contributed by atoms with Crippen molar-refractivity contribution in [1.29, 1.82) is 0 Å². The van der Waals surface area contributed by atoms with Crippen LogP contribution in [0.5, 0.6) is 0 Å². The first kappa shape index (κ1) is 34.4. The molecule has 2 saturated carbocycles. The highest BCUT2D eigenvalue weighted by atomic mass is 35.5. The first-order chi connectivity index (χ1) is 20.2. The average Bonchev–Trinajstić information content (AvgIpc) is 3.65. The number of nitro groups is 1. The summed E-state index contributed by atoms with van der Waals surface area (Å²) in [5.41, 5.74) is 7.19. The molecule has 242 valence electrons. The molecule has 0 bridgehead atoms. The highest BCUT2D eigenvalue weighted by molar-refractivity contribution is 7.89. The Hall–Kier alpha value is -2.49. The fourth-order valence-electron chi connectivity index (χ4n) is 6.35. The van der Waals surface area contributed by atoms with Gasteiger partial charge in [-0.3, -0.25) is 10.1 Å². The van der Waals surface area contributed by atoms with Gasteiger partial charge >= 0.3 is 0 Å². The quantitative estimate of drug-likeness (QED) is 0.208. The van der Waals surface area contributed by atoms with Crippen LogP contribution in [0.25, 0.3) is 11.2 Å². The van der Waals surface area contributed by atoms with Crippen LogP contribution in [0.4, 0.5) is 17.5 Å². The molecule has 1 aliphatic heterocycles. The number of hydrogen-bond acceptors (Lipinski definition) is 10. The number of anilines is 2. The van der Waals surface area contributed by atoms with E-state index in [1.165, 1.54) is 29.3 Å². The van der Waals surface area contributed by atoms with Gasteiger partial charge in [-0.2, -0.15) is 14.3 Å². The largest absolute Gasteiger partial charge is 0.365 e. The summed E-state index contributed by atoms with van der Waals surface area (Å²) in [6.45, 7) is 0.517. The van der Waals surface area contributed by atoms with E-state index in [4.69, 9.17) is 32.3 Å². The monoisotopic (exact) mass is 689 g/mol. The number of sulfonamides is 1. The second-order valence-corrected chi connectivity index (χ2v) is 14.0. The lowest BCUT2D eigenvalue weighted by molar-refractivity contribution is -0.384. The molecule has 6 rings (SSSR count). The van der Waals surface area contributed by atoms with E-state index in [0.717, 1.165) is 50.2 Å². The van der Waals surface area contributed by atoms with Gasteiger partial charge in [-0.1, -0.05) is 24.4 Å². The van der Waals surface area contributed by atoms with Gasteiger partial charge in [-0.15, -0.1) is 24.8 Å². The van der Waals surface area contributed by atoms with E-state index in [-0.39, 0.29) is 65.9 Å². The van der Waals surface area contributed by atoms with Gasteiger partial charge in [0.25, 0.3) is 5.69 Å². The molecular formula is C27H38Cl3N9O4S. The molecule has 44 heavy (non-hydrogen) atoms. The van der Waals surface area contributed by atoms with Gasteiger partial charge in [0.1, 0.15) is 5.02 Å². The fourth-order valence-corrected chi connectivity index (χ4v) is 8.03. The molecule has 4 N–H and O–H groups in total. The highest BCUT2D eigenvalue weighted by Crippen LogP contribution is 2.34. The molecule has 3 aromatic rings. The summed E-state index contributed by atoms with van der Waals surface area (Å²) in [6, 6.07) is 4.42. The van der Waals surface area contributed by atoms with Crippen LogP contribution in [0, 0.1) is 10.1 Å². The van der Waals surface area contributed by atoms with Crippen LogP contribution in [0.2, 0.25) is 5.02 Å². The Bertz CT molecular complexity index is 1570. The van der Waals surface area contributed by atoms with E-state index in [1.54, 1.807) is 0 Å². The zero-order chi connectivity index (χ0) is 29.4. The van der Waals surface area contributed by atoms with Gasteiger partial charge in [0.2, 0.25) is 16.0 Å². The maximum absolute atomic E-state index is 13.3. The smallest absolute Gasteiger partial charge is 0.289 e. The third-order valence-corrected chi connectivity index (χ3v) is 11.0. The number of fused-ring (bicyclic) bond motifs is 1. The van der Waals surface area contributed by atoms with Crippen LogP contribution in [-0.2, 0) is 10.0 Å². The van der Waals surface area contributed by atoms with Crippen molar-refractivity contribution >= 4 is 75.1 Å². The summed E-state index contributed by atoms with van der Waals surface area (Å²) in [5, 5.41) is 18.3. The van der Waals surface area contributed by atoms with Gasteiger partial charge in [-0.25, -0.2) is 13.4 Å². The summed E-state index contributed by atoms with van der Waals surface area (Å²) >= 11 is 5.89. The van der Waals surface area contributed by atoms with Crippen molar-refractivity contribution in [3.8, 4) is 0 Å². The Morgan fingerprint density at radius 2 is 1.61 bits per heavy atom. The molecule has 3 fully saturated rings. The lowest BCUT2D eigenvalue weighted by atomic mass is 9.92. The summed E-state index contributed by atoms with van der Waals surface area (Å²) in [6.07, 6.45) is 11.4. The third kappa shape index (κ3) is 7.15. The fraction of sp³-hybridized carbons (Fsp3) is 0.593. The minimum atomic E-state index is -3.92. The highest BCUT2D eigenvalue weighted by Gasteiger charge is 2.32. The molecule has 1 aromatic carbocycles. The van der Waals surface area contributed by atoms with Gasteiger partial charge in [0.15, 0.2) is 17.0 Å². The maximum Gasteiger partial charge on any atom is 0.289 e. The third-order valence-electron chi connectivity index (χ3n) is 8.79. The summed E-state index contributed by atoms with van der Waals surface area (Å²) in [5.74, 6) is 1.20. The maximum atomic E-state index is 13.3. The lowest BCUT2D eigenvalue weighted by Gasteiger charge is -2.32. The number of imidazole rings is 1. The molecule has 0 amide bonds. The first-order valence-electron chi connectivity index (χ1n) is 14.7. The second-order valence-electron chi connectivity index (χ2n) is 11.6. The van der Waals surface area contributed by atoms with Crippen molar-refractivity contribution in [3.05, 3.63) is 39.7 Å². The van der Waals surface area contributed by atoms with Crippen LogP contribution in [0.15, 0.2) is 29.4 Å². The van der Waals surface area contributed by atoms with E-state index >= 15 is 0 Å². The van der Waals surface area contributed by atoms with Gasteiger partial charge < -0.3 is 20.9 Å². The van der Waals surface area contributed by atoms with E-state index in [1.807, 2.05) is 6.33 Å². The Balaban J connectivity index is 0.00000221. The standard InChI is InChI=1S/C27H36ClN9O4S.2ClH/c28-22-10-9-21(15-23(22)37(38)39)42(40,41)35-13-11-19(12-14-35)31-25-24-26(36(16-30-24)20-3-1-2-4-20)34-27(33-25)32-18-7-5-17(29)6-8-18;;/h9-10,15-20H,1-8,11-14,29H2,(H2,31,32,33,34);2*1H.